The van der Waals surface area contributed by atoms with Crippen LogP contribution in [0.2, 0.25) is 0 Å². The lowest BCUT2D eigenvalue weighted by Gasteiger charge is -2.05. The highest BCUT2D eigenvalue weighted by Crippen LogP contribution is 2.40. The highest BCUT2D eigenvalue weighted by atomic mass is 16.3. The predicted molar refractivity (Wildman–Crippen MR) is 55.9 cm³/mol. The summed E-state index contributed by atoms with van der Waals surface area (Å²) in [6.45, 7) is 0.590. The number of aliphatic hydroxyl groups is 1. The maximum atomic E-state index is 10.6. The fourth-order valence-corrected chi connectivity index (χ4v) is 1.70. The first kappa shape index (κ1) is 10.2. The van der Waals surface area contributed by atoms with E-state index in [1.165, 1.54) is 0 Å². The summed E-state index contributed by atoms with van der Waals surface area (Å²) < 4.78 is 1.89. The smallest absolute Gasteiger partial charge is 0.219 e. The first-order chi connectivity index (χ1) is 7.16. The minimum absolute atomic E-state index is 0.298. The Morgan fingerprint density at radius 1 is 1.67 bits per heavy atom. The second-order valence-corrected chi connectivity index (χ2v) is 4.18. The summed E-state index contributed by atoms with van der Waals surface area (Å²) >= 11 is 0. The molecule has 1 aliphatic rings. The lowest BCUT2D eigenvalue weighted by atomic mass is 10.1. The maximum absolute atomic E-state index is 10.6. The summed E-state index contributed by atoms with van der Waals surface area (Å²) in [5, 5.41) is 9.85. The molecule has 0 spiro atoms. The molecule has 1 fully saturated rings. The lowest BCUT2D eigenvalue weighted by Crippen LogP contribution is -2.13. The number of carbonyl (C=O) groups excluding carboxylic acids is 1. The third-order valence-electron chi connectivity index (χ3n) is 2.80. The van der Waals surface area contributed by atoms with E-state index in [1.54, 1.807) is 0 Å². The SMILES string of the molecule is NC(=O)CCn1ccc(C(O)C2CC2)c1. The molecule has 1 heterocycles. The number of primary amides is 1. The van der Waals surface area contributed by atoms with Crippen molar-refractivity contribution in [1.82, 2.24) is 4.57 Å². The molecular weight excluding hydrogens is 192 g/mol. The van der Waals surface area contributed by atoms with Crippen LogP contribution in [-0.4, -0.2) is 15.6 Å². The van der Waals surface area contributed by atoms with Crippen molar-refractivity contribution >= 4 is 5.91 Å². The summed E-state index contributed by atoms with van der Waals surface area (Å²) in [5.74, 6) is 0.144. The number of carbonyl (C=O) groups is 1. The summed E-state index contributed by atoms with van der Waals surface area (Å²) in [6, 6.07) is 1.91. The van der Waals surface area contributed by atoms with E-state index in [0.717, 1.165) is 18.4 Å². The Morgan fingerprint density at radius 3 is 3.00 bits per heavy atom. The quantitative estimate of drug-likeness (QED) is 0.751. The van der Waals surface area contributed by atoms with Crippen molar-refractivity contribution in [1.29, 1.82) is 0 Å². The zero-order valence-electron chi connectivity index (χ0n) is 8.60. The van der Waals surface area contributed by atoms with E-state index >= 15 is 0 Å². The molecule has 4 heteroatoms. The normalized spacial score (nSPS) is 17.7. The van der Waals surface area contributed by atoms with Crippen molar-refractivity contribution in [2.24, 2.45) is 11.7 Å². The highest BCUT2D eigenvalue weighted by molar-refractivity contribution is 5.73. The van der Waals surface area contributed by atoms with E-state index in [-0.39, 0.29) is 12.0 Å². The molecule has 1 saturated carbocycles. The number of aromatic nitrogens is 1. The molecule has 0 radical (unpaired) electrons. The molecule has 1 aliphatic carbocycles. The van der Waals surface area contributed by atoms with Gasteiger partial charge in [0.1, 0.15) is 0 Å². The van der Waals surface area contributed by atoms with Crippen LogP contribution in [0.15, 0.2) is 18.5 Å². The molecule has 0 saturated heterocycles. The minimum atomic E-state index is -0.333. The Balaban J connectivity index is 1.93. The van der Waals surface area contributed by atoms with Crippen molar-refractivity contribution in [3.05, 3.63) is 24.0 Å². The fraction of sp³-hybridized carbons (Fsp3) is 0.545. The van der Waals surface area contributed by atoms with Crippen molar-refractivity contribution in [2.75, 3.05) is 0 Å². The largest absolute Gasteiger partial charge is 0.388 e. The van der Waals surface area contributed by atoms with Crippen LogP contribution in [0.4, 0.5) is 0 Å². The Bertz CT molecular complexity index is 355. The van der Waals surface area contributed by atoms with Crippen molar-refractivity contribution < 1.29 is 9.90 Å². The zero-order chi connectivity index (χ0) is 10.8. The van der Waals surface area contributed by atoms with Gasteiger partial charge in [-0.1, -0.05) is 0 Å². The summed E-state index contributed by atoms with van der Waals surface area (Å²) in [5.41, 5.74) is 6.01. The minimum Gasteiger partial charge on any atom is -0.388 e. The number of hydrogen-bond donors (Lipinski definition) is 2. The molecule has 1 aromatic rings. The van der Waals surface area contributed by atoms with Crippen LogP contribution in [0.1, 0.15) is 30.9 Å². The second kappa shape index (κ2) is 4.06. The number of rotatable bonds is 5. The Kier molecular flexibility index (Phi) is 2.77. The number of nitrogens with two attached hydrogens (primary N) is 1. The number of amides is 1. The third-order valence-corrected chi connectivity index (χ3v) is 2.80. The average molecular weight is 208 g/mol. The molecule has 2 rings (SSSR count). The van der Waals surface area contributed by atoms with Gasteiger partial charge in [-0.15, -0.1) is 0 Å². The van der Waals surface area contributed by atoms with Crippen LogP contribution < -0.4 is 5.73 Å². The van der Waals surface area contributed by atoms with Gasteiger partial charge in [0.25, 0.3) is 0 Å². The van der Waals surface area contributed by atoms with Crippen LogP contribution >= 0.6 is 0 Å². The molecule has 0 bridgehead atoms. The van der Waals surface area contributed by atoms with Gasteiger partial charge in [0.2, 0.25) is 5.91 Å². The number of nitrogens with zero attached hydrogens (tertiary/aromatic N) is 1. The van der Waals surface area contributed by atoms with Crippen molar-refractivity contribution in [3.8, 4) is 0 Å². The van der Waals surface area contributed by atoms with Crippen LogP contribution in [0.5, 0.6) is 0 Å². The van der Waals surface area contributed by atoms with Gasteiger partial charge >= 0.3 is 0 Å². The first-order valence-electron chi connectivity index (χ1n) is 5.29. The van der Waals surface area contributed by atoms with Crippen LogP contribution in [0.3, 0.4) is 0 Å². The number of aryl methyl sites for hydroxylation is 1. The predicted octanol–water partition coefficient (Wildman–Crippen LogP) is 0.807. The average Bonchev–Trinajstić information content (AvgIpc) is 2.93. The van der Waals surface area contributed by atoms with Crippen LogP contribution in [0.25, 0.3) is 0 Å². The topological polar surface area (TPSA) is 68.2 Å². The summed E-state index contributed by atoms with van der Waals surface area (Å²) in [7, 11) is 0. The van der Waals surface area contributed by atoms with E-state index in [1.807, 2.05) is 23.0 Å². The van der Waals surface area contributed by atoms with Crippen molar-refractivity contribution in [2.45, 2.75) is 31.9 Å². The maximum Gasteiger partial charge on any atom is 0.219 e. The van der Waals surface area contributed by atoms with Gasteiger partial charge in [-0.25, -0.2) is 0 Å². The summed E-state index contributed by atoms with van der Waals surface area (Å²) in [4.78, 5) is 10.6. The highest BCUT2D eigenvalue weighted by Gasteiger charge is 2.31. The van der Waals surface area contributed by atoms with Gasteiger partial charge in [0, 0.05) is 25.4 Å². The van der Waals surface area contributed by atoms with Gasteiger partial charge in [0.05, 0.1) is 6.10 Å². The number of aliphatic hydroxyl groups excluding tert-OH is 1. The Hall–Kier alpha value is -1.29. The van der Waals surface area contributed by atoms with Gasteiger partial charge in [-0.05, 0) is 30.4 Å². The molecule has 1 atom stereocenters. The van der Waals surface area contributed by atoms with Crippen LogP contribution in [-0.2, 0) is 11.3 Å². The van der Waals surface area contributed by atoms with Gasteiger partial charge in [0.15, 0.2) is 0 Å². The molecule has 82 valence electrons. The zero-order valence-corrected chi connectivity index (χ0v) is 8.60. The Morgan fingerprint density at radius 2 is 2.40 bits per heavy atom. The van der Waals surface area contributed by atoms with Gasteiger partial charge in [-0.3, -0.25) is 4.79 Å². The number of hydrogen-bond acceptors (Lipinski definition) is 2. The fourth-order valence-electron chi connectivity index (χ4n) is 1.70. The Labute approximate surface area is 88.7 Å². The molecule has 1 unspecified atom stereocenters. The first-order valence-corrected chi connectivity index (χ1v) is 5.29. The van der Waals surface area contributed by atoms with E-state index in [2.05, 4.69) is 0 Å². The van der Waals surface area contributed by atoms with Gasteiger partial charge < -0.3 is 15.4 Å². The summed E-state index contributed by atoms with van der Waals surface area (Å²) in [6.07, 6.45) is 6.02. The molecule has 0 aliphatic heterocycles. The van der Waals surface area contributed by atoms with Gasteiger partial charge in [-0.2, -0.15) is 0 Å². The monoisotopic (exact) mass is 208 g/mol. The molecular formula is C11H16N2O2. The molecule has 15 heavy (non-hydrogen) atoms. The molecule has 1 aromatic heterocycles. The standard InChI is InChI=1S/C11H16N2O2/c12-10(14)4-6-13-5-3-9(7-13)11(15)8-1-2-8/h3,5,7-8,11,15H,1-2,4,6H2,(H2,12,14). The molecule has 3 N–H and O–H groups in total. The van der Waals surface area contributed by atoms with Crippen LogP contribution in [0, 0.1) is 5.92 Å². The van der Waals surface area contributed by atoms with E-state index in [0.29, 0.717) is 18.9 Å². The molecule has 4 nitrogen and oxygen atoms in total. The third kappa shape index (κ3) is 2.59. The molecule has 1 amide bonds. The van der Waals surface area contributed by atoms with E-state index in [9.17, 15) is 9.90 Å². The van der Waals surface area contributed by atoms with Crippen molar-refractivity contribution in [3.63, 3.8) is 0 Å². The lowest BCUT2D eigenvalue weighted by molar-refractivity contribution is -0.118. The molecule has 0 aromatic carbocycles. The van der Waals surface area contributed by atoms with E-state index < -0.39 is 0 Å². The van der Waals surface area contributed by atoms with E-state index in [4.69, 9.17) is 5.73 Å². The second-order valence-electron chi connectivity index (χ2n) is 4.18.